The number of aromatic amines is 11. The number of nitrogens with one attached hydrogen (secondary N) is 11. The third-order valence-electron chi connectivity index (χ3n) is 9.79. The molecule has 2 aromatic carbocycles. The SMILES string of the molecule is CC(=O)Cc1n[nH]c(=S)s1.CCCc1n[nH]c(=S)s1.CSc1n[nH]c(=S)s1.Cc1ccc(S)s1.Cc1n[nH]c(=S)s1.Nc1n[nH]c(=S)s1.O=C(Sc1n[nH]c(=S)s1)c1ccccc1.OCCCc1n[nH]c(=S)s1.S=c1[nH][nH]c(=S)s1.S=c1[nH]nc(Cc2ccccc2)s1.S=c1[nH]ncs1.Sc1cccs1. The summed E-state index contributed by atoms with van der Waals surface area (Å²) in [6, 6.07) is 27.4. The van der Waals surface area contributed by atoms with Gasteiger partial charge in [0.25, 0.3) is 0 Å². The predicted octanol–water partition coefficient (Wildman–Crippen LogP) is 22.2. The van der Waals surface area contributed by atoms with Crippen molar-refractivity contribution in [3.05, 3.63) is 180 Å². The number of nitrogens with two attached hydrogens (primary N) is 1. The summed E-state index contributed by atoms with van der Waals surface area (Å²) in [6.45, 7) is 7.86. The van der Waals surface area contributed by atoms with Crippen molar-refractivity contribution in [3.8, 4) is 0 Å². The summed E-state index contributed by atoms with van der Waals surface area (Å²) < 4.78 is 11.5. The van der Waals surface area contributed by atoms with Crippen LogP contribution in [0.25, 0.3) is 0 Å². The highest BCUT2D eigenvalue weighted by Gasteiger charge is 2.10. The number of ketones is 1. The number of nitrogen functional groups attached to an aromatic ring is 1. The summed E-state index contributed by atoms with van der Waals surface area (Å²) in [5, 5.41) is 79.7. The summed E-state index contributed by atoms with van der Waals surface area (Å²) in [5.74, 6) is 0.109. The number of thiol groups is 2. The number of H-pyrrole nitrogens is 11. The van der Waals surface area contributed by atoms with Crippen molar-refractivity contribution >= 4 is 335 Å². The molecule has 14 aromatic rings. The zero-order valence-corrected chi connectivity index (χ0v) is 76.9. The molecule has 0 saturated heterocycles. The first-order valence-corrected chi connectivity index (χ1v) is 45.9. The van der Waals surface area contributed by atoms with Gasteiger partial charge in [-0.2, -0.15) is 40.8 Å². The number of carbonyl (C=O) groups is 2. The Morgan fingerprint density at radius 3 is 1.30 bits per heavy atom. The van der Waals surface area contributed by atoms with Gasteiger partial charge in [0.1, 0.15) is 36.3 Å². The van der Waals surface area contributed by atoms with Crippen molar-refractivity contribution in [2.75, 3.05) is 18.6 Å². The molecule has 24 nitrogen and oxygen atoms in total. The van der Waals surface area contributed by atoms with Crippen molar-refractivity contribution in [1.29, 1.82) is 0 Å². The number of anilines is 1. The molecule has 0 amide bonds. The minimum Gasteiger partial charge on any atom is -0.396 e. The molecule has 0 fully saturated rings. The number of Topliss-reactive ketones (excluding diaryl/α,β-unsaturated/α-hetero) is 1. The van der Waals surface area contributed by atoms with Gasteiger partial charge in [0.15, 0.2) is 52.2 Å². The lowest BCUT2D eigenvalue weighted by Crippen LogP contribution is -1.94. The zero-order chi connectivity index (χ0) is 77.3. The number of hydrogen-bond acceptors (Lipinski definition) is 40. The number of aromatic nitrogens is 20. The average molecular weight is 1920 g/mol. The fourth-order valence-electron chi connectivity index (χ4n) is 5.77. The molecule has 14 rings (SSSR count). The summed E-state index contributed by atoms with van der Waals surface area (Å²) in [5.41, 5.74) is 8.79. The fraction of sp³-hybridized carbons (Fsp3) is 0.222. The van der Waals surface area contributed by atoms with E-state index in [2.05, 4.69) is 184 Å². The van der Waals surface area contributed by atoms with E-state index in [9.17, 15) is 9.59 Å². The van der Waals surface area contributed by atoms with E-state index in [0.29, 0.717) is 45.2 Å². The first-order valence-electron chi connectivity index (χ1n) is 28.5. The summed E-state index contributed by atoms with van der Waals surface area (Å²) >= 11 is 80.9. The second kappa shape index (κ2) is 57.4. The van der Waals surface area contributed by atoms with E-state index >= 15 is 0 Å². The van der Waals surface area contributed by atoms with E-state index in [1.54, 1.807) is 63.4 Å². The van der Waals surface area contributed by atoms with E-state index in [4.69, 9.17) is 121 Å². The summed E-state index contributed by atoms with van der Waals surface area (Å²) in [4.78, 5) is 23.6. The van der Waals surface area contributed by atoms with Gasteiger partial charge in [-0.15, -0.1) is 53.0 Å². The van der Waals surface area contributed by atoms with Gasteiger partial charge in [0, 0.05) is 36.3 Å². The Hall–Kier alpha value is -3.64. The van der Waals surface area contributed by atoms with Gasteiger partial charge >= 0.3 is 0 Å². The predicted molar refractivity (Wildman–Crippen MR) is 479 cm³/mol. The molecule has 12 heterocycles. The molecular formula is C54H61N21O3S27. The van der Waals surface area contributed by atoms with E-state index < -0.39 is 0 Å². The Kier molecular flexibility index (Phi) is 52.3. The third-order valence-corrected chi connectivity index (χ3v) is 24.9. The Balaban J connectivity index is 0.000000301. The standard InChI is InChI=1S/C9H6N2OS3.C9H8N2S2.C5H6N2OS2.C5H8N2OS2.C5H8N2S2.C5H6S2.C4H4S2.C3H4N2S3.C3H4N2S2.C2H3N3S2.C2H2N2S3.C2H2N2S2/c12-7(6-4-2-1-3-5-6)14-9-11-10-8(13)15-9;12-9-11-10-8(13-9)6-7-4-2-1-3-5-7;1-3(8)2-4-6-7-5(9)10-4;8-3-1-2-4-6-7-5(9)10-4;1-2-3-4-6-7-5(8)9-4;1-4-2-3-5(6)7-4;5-4-2-1-3-6-4;1-7-3-5-4-2(6)8-3;1-2-4-5-3(6)7-2;3-1-4-5-2(6)7-1;5-1-3-4-2(6)7-1;5-2-4-3-1-6-2/h1-5H,(H,10,13);1-5H,6H2,(H,11,12);2H2,1H3,(H,7,9);8H,1-3H2,(H,7,9);2-3H2,1H3,(H,7,8);2-3,6H,1H3;1-3,5H;1H3,(H,4,6);1H3,(H,5,6);(H2,3,4)(H,5,6);(H,3,5)(H,4,6);1H,(H,4,5). The molecule has 105 heavy (non-hydrogen) atoms. The van der Waals surface area contributed by atoms with Gasteiger partial charge in [0.05, 0.1) is 14.8 Å². The second-order valence-electron chi connectivity index (χ2n) is 18.0. The first-order chi connectivity index (χ1) is 50.2. The Morgan fingerprint density at radius 2 is 0.990 bits per heavy atom. The van der Waals surface area contributed by atoms with Gasteiger partial charge < -0.3 is 10.8 Å². The highest BCUT2D eigenvalue weighted by Crippen LogP contribution is 2.25. The third kappa shape index (κ3) is 48.6. The van der Waals surface area contributed by atoms with Crippen molar-refractivity contribution in [3.63, 3.8) is 0 Å². The molecule has 0 saturated carbocycles. The summed E-state index contributed by atoms with van der Waals surface area (Å²) in [7, 11) is 0. The van der Waals surface area contributed by atoms with Crippen molar-refractivity contribution in [2.45, 2.75) is 83.3 Å². The van der Waals surface area contributed by atoms with Crippen LogP contribution in [0.15, 0.2) is 113 Å². The van der Waals surface area contributed by atoms with Crippen molar-refractivity contribution in [1.82, 2.24) is 102 Å². The molecule has 12 aromatic heterocycles. The van der Waals surface area contributed by atoms with Crippen LogP contribution in [0.4, 0.5) is 5.13 Å². The molecule has 562 valence electrons. The molecule has 51 heteroatoms. The molecular weight excluding hydrogens is 1860 g/mol. The van der Waals surface area contributed by atoms with E-state index in [-0.39, 0.29) is 17.5 Å². The zero-order valence-electron chi connectivity index (χ0n) is 54.7. The lowest BCUT2D eigenvalue weighted by molar-refractivity contribution is -0.116. The topological polar surface area (TPSA) is 370 Å². The fourth-order valence-corrected chi connectivity index (χ4v) is 18.2. The van der Waals surface area contributed by atoms with Crippen LogP contribution in [-0.2, 0) is 30.5 Å². The number of rotatable bonds is 12. The Morgan fingerprint density at radius 1 is 0.495 bits per heavy atom. The van der Waals surface area contributed by atoms with Crippen LogP contribution >= 0.6 is 319 Å². The minimum absolute atomic E-state index is 0.0200. The molecule has 0 spiro atoms. The largest absolute Gasteiger partial charge is 0.396 e. The lowest BCUT2D eigenvalue weighted by atomic mass is 10.2. The Bertz CT molecular complexity index is 5180. The van der Waals surface area contributed by atoms with Crippen LogP contribution in [0.2, 0.25) is 0 Å². The van der Waals surface area contributed by atoms with Crippen molar-refractivity contribution in [2.24, 2.45) is 0 Å². The van der Waals surface area contributed by atoms with Gasteiger partial charge in [-0.3, -0.25) is 65.7 Å². The maximum atomic E-state index is 11.7. The molecule has 14 N–H and O–H groups in total. The lowest BCUT2D eigenvalue weighted by Gasteiger charge is -1.95. The van der Waals surface area contributed by atoms with E-state index in [1.807, 2.05) is 73.2 Å². The molecule has 0 radical (unpaired) electrons. The molecule has 0 unspecified atom stereocenters. The normalized spacial score (nSPS) is 9.64. The van der Waals surface area contributed by atoms with E-state index in [1.165, 1.54) is 119 Å². The quantitative estimate of drug-likeness (QED) is 0.0307. The van der Waals surface area contributed by atoms with Crippen LogP contribution in [0.3, 0.4) is 0 Å². The highest BCUT2D eigenvalue weighted by molar-refractivity contribution is 8.15. The summed E-state index contributed by atoms with van der Waals surface area (Å²) in [6.07, 6.45) is 6.97. The maximum Gasteiger partial charge on any atom is 0.226 e. The number of hydrogen-bond donors (Lipinski definition) is 15. The number of carbonyl (C=O) groups excluding carboxylic acids is 2. The smallest absolute Gasteiger partial charge is 0.226 e. The minimum atomic E-state index is -0.0200. The average Bonchev–Trinajstić information content (AvgIpc) is 1.87. The van der Waals surface area contributed by atoms with Crippen LogP contribution in [0.5, 0.6) is 0 Å². The highest BCUT2D eigenvalue weighted by atomic mass is 32.2. The number of thioether (sulfide) groups is 2. The number of aliphatic hydroxyl groups excluding tert-OH is 1. The monoisotopic (exact) mass is 1910 g/mol. The van der Waals surface area contributed by atoms with Crippen LogP contribution < -0.4 is 5.73 Å². The molecule has 0 aliphatic carbocycles. The first kappa shape index (κ1) is 95.6. The van der Waals surface area contributed by atoms with Gasteiger partial charge in [-0.1, -0.05) is 199 Å². The van der Waals surface area contributed by atoms with Crippen LogP contribution in [-0.4, -0.2) is 131 Å². The number of benzene rings is 2. The van der Waals surface area contributed by atoms with Crippen LogP contribution in [0, 0.1) is 57.3 Å². The maximum absolute atomic E-state index is 11.7. The molecule has 0 atom stereocenters. The molecule has 0 bridgehead atoms. The van der Waals surface area contributed by atoms with Gasteiger partial charge in [-0.05, 0) is 215 Å². The van der Waals surface area contributed by atoms with Gasteiger partial charge in [0.2, 0.25) is 10.2 Å². The van der Waals surface area contributed by atoms with E-state index in [0.717, 1.165) is 101 Å². The Labute approximate surface area is 724 Å². The van der Waals surface area contributed by atoms with Gasteiger partial charge in [-0.25, -0.2) is 0 Å². The van der Waals surface area contributed by atoms with Crippen LogP contribution in [0.1, 0.15) is 72.5 Å². The second-order valence-corrected chi connectivity index (χ2v) is 41.8. The molecule has 0 aliphatic heterocycles. The number of thiophene rings is 2. The number of aliphatic hydroxyl groups is 1. The number of aryl methyl sites for hydroxylation is 4. The van der Waals surface area contributed by atoms with Crippen molar-refractivity contribution < 1.29 is 14.7 Å². The molecule has 0 aliphatic rings. The number of nitrogens with zero attached hydrogens (tertiary/aromatic N) is 9.